The third-order valence-electron chi connectivity index (χ3n) is 6.57. The molecule has 0 saturated carbocycles. The first-order valence-corrected chi connectivity index (χ1v) is 12.9. The lowest BCUT2D eigenvalue weighted by Gasteiger charge is -2.37. The Bertz CT molecular complexity index is 972. The van der Waals surface area contributed by atoms with E-state index in [4.69, 9.17) is 9.47 Å². The van der Waals surface area contributed by atoms with Crippen LogP contribution in [0.3, 0.4) is 0 Å². The monoisotopic (exact) mass is 402 g/mol. The van der Waals surface area contributed by atoms with Crippen LogP contribution >= 0.6 is 14.3 Å². The summed E-state index contributed by atoms with van der Waals surface area (Å²) in [6.07, 6.45) is 0.580. The number of hydrogen-bond acceptors (Lipinski definition) is 4. The fraction of sp³-hybridized carbons (Fsp3) is 0.429. The van der Waals surface area contributed by atoms with E-state index in [1.54, 1.807) is 0 Å². The topological polar surface area (TPSA) is 52.6 Å². The predicted octanol–water partition coefficient (Wildman–Crippen LogP) is 4.76. The minimum absolute atomic E-state index is 0.548. The number of ether oxygens (including phenoxy) is 2. The molecule has 0 aliphatic carbocycles. The molecule has 4 nitrogen and oxygen atoms in total. The molecule has 3 aliphatic heterocycles. The lowest BCUT2D eigenvalue weighted by Crippen LogP contribution is -2.36. The quantitative estimate of drug-likeness (QED) is 0.596. The Labute approximate surface area is 160 Å². The van der Waals surface area contributed by atoms with Crippen molar-refractivity contribution in [3.8, 4) is 11.5 Å². The van der Waals surface area contributed by atoms with Crippen molar-refractivity contribution < 1.29 is 18.6 Å². The van der Waals surface area contributed by atoms with E-state index in [0.29, 0.717) is 17.9 Å². The minimum atomic E-state index is -3.05. The van der Waals surface area contributed by atoms with Gasteiger partial charge in [0, 0.05) is 10.3 Å². The van der Waals surface area contributed by atoms with Crippen LogP contribution in [0.25, 0.3) is 0 Å². The van der Waals surface area contributed by atoms with Crippen molar-refractivity contribution in [2.75, 3.05) is 0 Å². The molecule has 4 atom stereocenters. The Morgan fingerprint density at radius 2 is 1.11 bits per heavy atom. The zero-order valence-electron chi connectivity index (χ0n) is 16.0. The summed E-state index contributed by atoms with van der Waals surface area (Å²) < 4.78 is 41.9. The summed E-state index contributed by atoms with van der Waals surface area (Å²) in [6.45, 7) is 8.14. The first kappa shape index (κ1) is 17.6. The fourth-order valence-electron chi connectivity index (χ4n) is 5.46. The standard InChI is InChI=1S/C21H24O4P2/c1-20(2)13-21(3,4)27(23)17-12-8-6-10-15(17)25-19(27)18-24-14-9-5-7-11-16(14)26(18,20)22/h5-12,18-19H,13H2,1-4H3/t18-,19-,26+,27+/m0/s1. The molecule has 142 valence electrons. The molecule has 0 radical (unpaired) electrons. The van der Waals surface area contributed by atoms with Gasteiger partial charge in [-0.25, -0.2) is 0 Å². The second kappa shape index (κ2) is 5.10. The maximum Gasteiger partial charge on any atom is 0.199 e. The number of benzene rings is 2. The van der Waals surface area contributed by atoms with Crippen LogP contribution < -0.4 is 20.1 Å². The van der Waals surface area contributed by atoms with Crippen LogP contribution in [0.15, 0.2) is 48.5 Å². The summed E-state index contributed by atoms with van der Waals surface area (Å²) in [5.74, 6) is -0.149. The van der Waals surface area contributed by atoms with E-state index in [0.717, 1.165) is 10.6 Å². The summed E-state index contributed by atoms with van der Waals surface area (Å²) in [6, 6.07) is 15.1. The van der Waals surface area contributed by atoms with Crippen LogP contribution in [0.2, 0.25) is 0 Å². The molecule has 0 spiro atoms. The van der Waals surface area contributed by atoms with Crippen molar-refractivity contribution in [2.45, 2.75) is 56.1 Å². The number of rotatable bonds is 0. The highest BCUT2D eigenvalue weighted by atomic mass is 31.2. The lowest BCUT2D eigenvalue weighted by atomic mass is 9.99. The predicted molar refractivity (Wildman–Crippen MR) is 109 cm³/mol. The van der Waals surface area contributed by atoms with Crippen LogP contribution in [-0.4, -0.2) is 22.0 Å². The number of fused-ring (bicyclic) bond motifs is 7. The number of hydrogen-bond donors (Lipinski definition) is 0. The highest BCUT2D eigenvalue weighted by Gasteiger charge is 2.70. The molecule has 0 amide bonds. The van der Waals surface area contributed by atoms with Crippen LogP contribution in [0.5, 0.6) is 11.5 Å². The largest absolute Gasteiger partial charge is 0.477 e. The lowest BCUT2D eigenvalue weighted by molar-refractivity contribution is 0.164. The average Bonchev–Trinajstić information content (AvgIpc) is 3.08. The molecule has 3 aliphatic rings. The molecule has 1 saturated heterocycles. The molecule has 0 bridgehead atoms. The van der Waals surface area contributed by atoms with Gasteiger partial charge in [0.25, 0.3) is 0 Å². The van der Waals surface area contributed by atoms with Gasteiger partial charge in [0.1, 0.15) is 11.5 Å². The normalized spacial score (nSPS) is 37.0. The average molecular weight is 402 g/mol. The minimum Gasteiger partial charge on any atom is -0.477 e. The Balaban J connectivity index is 1.82. The Morgan fingerprint density at radius 1 is 0.741 bits per heavy atom. The zero-order valence-corrected chi connectivity index (χ0v) is 17.8. The van der Waals surface area contributed by atoms with E-state index >= 15 is 0 Å². The van der Waals surface area contributed by atoms with Gasteiger partial charge in [-0.2, -0.15) is 0 Å². The van der Waals surface area contributed by atoms with Gasteiger partial charge < -0.3 is 18.6 Å². The zero-order chi connectivity index (χ0) is 19.2. The van der Waals surface area contributed by atoms with Gasteiger partial charge >= 0.3 is 0 Å². The molecule has 2 aromatic carbocycles. The first-order valence-electron chi connectivity index (χ1n) is 9.35. The van der Waals surface area contributed by atoms with E-state index in [1.165, 1.54) is 0 Å². The SMILES string of the molecule is CC1(C)CC(C)(C)[P@@]2(=O)c3ccccc3O[C@@H]2[C@H]2Oc3ccccc3[P@@]21=O. The van der Waals surface area contributed by atoms with E-state index in [1.807, 2.05) is 76.2 Å². The van der Waals surface area contributed by atoms with Crippen LogP contribution in [0, 0.1) is 0 Å². The van der Waals surface area contributed by atoms with Crippen molar-refractivity contribution in [3.05, 3.63) is 48.5 Å². The molecule has 27 heavy (non-hydrogen) atoms. The van der Waals surface area contributed by atoms with Gasteiger partial charge in [0.15, 0.2) is 26.0 Å². The Kier molecular flexibility index (Phi) is 3.32. The molecule has 1 fully saturated rings. The van der Waals surface area contributed by atoms with Gasteiger partial charge in [-0.3, -0.25) is 0 Å². The first-order chi connectivity index (χ1) is 12.6. The van der Waals surface area contributed by atoms with Crippen LogP contribution in [0.1, 0.15) is 34.1 Å². The second-order valence-electron chi connectivity index (χ2n) is 9.07. The molecular weight excluding hydrogens is 378 g/mol. The molecule has 0 N–H and O–H groups in total. The third-order valence-corrected chi connectivity index (χ3v) is 15.1. The second-order valence-corrected chi connectivity index (χ2v) is 16.1. The number of para-hydroxylation sites is 2. The van der Waals surface area contributed by atoms with Gasteiger partial charge in [-0.05, 0) is 30.7 Å². The third kappa shape index (κ3) is 1.91. The van der Waals surface area contributed by atoms with E-state index in [-0.39, 0.29) is 0 Å². The summed E-state index contributed by atoms with van der Waals surface area (Å²) >= 11 is 0. The van der Waals surface area contributed by atoms with Crippen molar-refractivity contribution in [1.82, 2.24) is 0 Å². The van der Waals surface area contributed by atoms with Crippen LogP contribution in [-0.2, 0) is 9.13 Å². The summed E-state index contributed by atoms with van der Waals surface area (Å²) in [5, 5.41) is 0.439. The van der Waals surface area contributed by atoms with Crippen molar-refractivity contribution in [2.24, 2.45) is 0 Å². The van der Waals surface area contributed by atoms with Crippen LogP contribution in [0.4, 0.5) is 0 Å². The molecule has 0 unspecified atom stereocenters. The van der Waals surface area contributed by atoms with Gasteiger partial charge in [0.05, 0.1) is 10.6 Å². The molecular formula is C21H24O4P2. The highest BCUT2D eigenvalue weighted by molar-refractivity contribution is 7.79. The molecule has 2 aromatic rings. The summed E-state index contributed by atoms with van der Waals surface area (Å²) in [5.41, 5.74) is 0. The van der Waals surface area contributed by atoms with Crippen molar-refractivity contribution in [3.63, 3.8) is 0 Å². The van der Waals surface area contributed by atoms with Crippen molar-refractivity contribution >= 4 is 24.9 Å². The molecule has 0 aromatic heterocycles. The van der Waals surface area contributed by atoms with E-state index < -0.39 is 36.3 Å². The maximum atomic E-state index is 14.7. The van der Waals surface area contributed by atoms with Gasteiger partial charge in [-0.1, -0.05) is 52.0 Å². The van der Waals surface area contributed by atoms with Gasteiger partial charge in [-0.15, -0.1) is 0 Å². The fourth-order valence-corrected chi connectivity index (χ4v) is 14.1. The molecule has 3 heterocycles. The maximum absolute atomic E-state index is 14.7. The van der Waals surface area contributed by atoms with Crippen molar-refractivity contribution in [1.29, 1.82) is 0 Å². The summed E-state index contributed by atoms with van der Waals surface area (Å²) in [4.78, 5) is 0. The summed E-state index contributed by atoms with van der Waals surface area (Å²) in [7, 11) is -6.10. The van der Waals surface area contributed by atoms with Gasteiger partial charge in [0.2, 0.25) is 0 Å². The Morgan fingerprint density at radius 3 is 1.52 bits per heavy atom. The molecule has 5 rings (SSSR count). The smallest absolute Gasteiger partial charge is 0.199 e. The van der Waals surface area contributed by atoms with E-state index in [2.05, 4.69) is 0 Å². The Hall–Kier alpha value is -1.50. The van der Waals surface area contributed by atoms with E-state index in [9.17, 15) is 9.13 Å². The molecule has 6 heteroatoms. The highest BCUT2D eigenvalue weighted by Crippen LogP contribution is 2.80.